The number of amides is 1. The summed E-state index contributed by atoms with van der Waals surface area (Å²) in [7, 11) is 0. The van der Waals surface area contributed by atoms with E-state index >= 15 is 0 Å². The smallest absolute Gasteiger partial charge is 0.256 e. The number of hydrogen-bond acceptors (Lipinski definition) is 2. The molecule has 1 aromatic carbocycles. The minimum atomic E-state index is -2.55. The van der Waals surface area contributed by atoms with Gasteiger partial charge in [0.2, 0.25) is 5.91 Å². The quantitative estimate of drug-likeness (QED) is 0.781. The Morgan fingerprint density at radius 3 is 2.68 bits per heavy atom. The Labute approximate surface area is 128 Å². The zero-order valence-electron chi connectivity index (χ0n) is 12.3. The molecule has 0 aliphatic carbocycles. The van der Waals surface area contributed by atoms with Gasteiger partial charge in [0.15, 0.2) is 0 Å². The number of allylic oxidation sites excluding steroid dienone is 1. The molecule has 0 bridgehead atoms. The molecule has 0 aromatic heterocycles. The molecule has 5 heteroatoms. The second-order valence-corrected chi connectivity index (χ2v) is 4.76. The SMILES string of the molecule is CC#CCOc1ccc(C2=CCCC(=O)N2CC(F)F)cc1. The van der Waals surface area contributed by atoms with Crippen molar-refractivity contribution in [2.45, 2.75) is 26.2 Å². The lowest BCUT2D eigenvalue weighted by Gasteiger charge is -2.28. The number of alkyl halides is 2. The molecule has 0 saturated carbocycles. The number of rotatable bonds is 5. The van der Waals surface area contributed by atoms with Crippen LogP contribution in [0.25, 0.3) is 5.70 Å². The van der Waals surface area contributed by atoms with Crippen LogP contribution >= 0.6 is 0 Å². The number of carbonyl (C=O) groups is 1. The van der Waals surface area contributed by atoms with Crippen molar-refractivity contribution >= 4 is 11.6 Å². The summed E-state index contributed by atoms with van der Waals surface area (Å²) in [4.78, 5) is 13.0. The maximum Gasteiger partial charge on any atom is 0.256 e. The summed E-state index contributed by atoms with van der Waals surface area (Å²) in [5.74, 6) is 5.90. The van der Waals surface area contributed by atoms with Crippen molar-refractivity contribution in [3.8, 4) is 17.6 Å². The van der Waals surface area contributed by atoms with Crippen molar-refractivity contribution < 1.29 is 18.3 Å². The summed E-state index contributed by atoms with van der Waals surface area (Å²) in [6.45, 7) is 1.46. The Bertz CT molecular complexity index is 612. The second-order valence-electron chi connectivity index (χ2n) is 4.76. The van der Waals surface area contributed by atoms with Gasteiger partial charge in [-0.2, -0.15) is 0 Å². The van der Waals surface area contributed by atoms with Gasteiger partial charge in [0.25, 0.3) is 6.43 Å². The van der Waals surface area contributed by atoms with E-state index in [1.807, 2.05) is 6.08 Å². The van der Waals surface area contributed by atoms with E-state index in [1.54, 1.807) is 31.2 Å². The van der Waals surface area contributed by atoms with Crippen molar-refractivity contribution in [3.05, 3.63) is 35.9 Å². The highest BCUT2D eigenvalue weighted by Gasteiger charge is 2.25. The lowest BCUT2D eigenvalue weighted by molar-refractivity contribution is -0.129. The molecule has 1 aliphatic rings. The van der Waals surface area contributed by atoms with E-state index < -0.39 is 13.0 Å². The molecule has 0 spiro atoms. The first-order valence-corrected chi connectivity index (χ1v) is 7.03. The Balaban J connectivity index is 2.15. The molecule has 116 valence electrons. The first-order chi connectivity index (χ1) is 10.6. The summed E-state index contributed by atoms with van der Waals surface area (Å²) >= 11 is 0. The fraction of sp³-hybridized carbons (Fsp3) is 0.353. The van der Waals surface area contributed by atoms with Gasteiger partial charge in [0.1, 0.15) is 12.4 Å². The van der Waals surface area contributed by atoms with E-state index in [1.165, 1.54) is 0 Å². The van der Waals surface area contributed by atoms with E-state index in [2.05, 4.69) is 11.8 Å². The predicted octanol–water partition coefficient (Wildman–Crippen LogP) is 3.32. The Morgan fingerprint density at radius 1 is 1.32 bits per heavy atom. The van der Waals surface area contributed by atoms with E-state index in [0.29, 0.717) is 24.5 Å². The molecule has 1 heterocycles. The largest absolute Gasteiger partial charge is 0.481 e. The first kappa shape index (κ1) is 16.0. The number of ether oxygens (including phenoxy) is 1. The topological polar surface area (TPSA) is 29.5 Å². The lowest BCUT2D eigenvalue weighted by Crippen LogP contribution is -2.35. The van der Waals surface area contributed by atoms with Crippen LogP contribution in [0.15, 0.2) is 30.3 Å². The van der Waals surface area contributed by atoms with Gasteiger partial charge in [-0.25, -0.2) is 8.78 Å². The van der Waals surface area contributed by atoms with Crippen molar-refractivity contribution in [1.82, 2.24) is 4.90 Å². The maximum atomic E-state index is 12.7. The fourth-order valence-corrected chi connectivity index (χ4v) is 2.24. The number of benzene rings is 1. The number of nitrogens with zero attached hydrogens (tertiary/aromatic N) is 1. The monoisotopic (exact) mass is 305 g/mol. The number of carbonyl (C=O) groups excluding carboxylic acids is 1. The molecule has 0 radical (unpaired) electrons. The van der Waals surface area contributed by atoms with Crippen LogP contribution in [0.4, 0.5) is 8.78 Å². The van der Waals surface area contributed by atoms with Crippen LogP contribution in [-0.2, 0) is 4.79 Å². The van der Waals surface area contributed by atoms with Crippen LogP contribution in [0.5, 0.6) is 5.75 Å². The highest BCUT2D eigenvalue weighted by molar-refractivity contribution is 5.89. The molecule has 1 aliphatic heterocycles. The van der Waals surface area contributed by atoms with Gasteiger partial charge in [0, 0.05) is 12.1 Å². The summed E-state index contributed by atoms with van der Waals surface area (Å²) in [6, 6.07) is 7.01. The first-order valence-electron chi connectivity index (χ1n) is 7.03. The van der Waals surface area contributed by atoms with Gasteiger partial charge in [-0.05, 0) is 43.2 Å². The highest BCUT2D eigenvalue weighted by atomic mass is 19.3. The van der Waals surface area contributed by atoms with Crippen molar-refractivity contribution in [1.29, 1.82) is 0 Å². The summed E-state index contributed by atoms with van der Waals surface area (Å²) in [5.41, 5.74) is 1.26. The minimum Gasteiger partial charge on any atom is -0.481 e. The Morgan fingerprint density at radius 2 is 2.05 bits per heavy atom. The van der Waals surface area contributed by atoms with Gasteiger partial charge < -0.3 is 9.64 Å². The van der Waals surface area contributed by atoms with Crippen LogP contribution in [0.3, 0.4) is 0 Å². The molecular weight excluding hydrogens is 288 g/mol. The second kappa shape index (κ2) is 7.60. The van der Waals surface area contributed by atoms with Crippen molar-refractivity contribution in [2.24, 2.45) is 0 Å². The van der Waals surface area contributed by atoms with Crippen LogP contribution in [0.2, 0.25) is 0 Å². The van der Waals surface area contributed by atoms with Gasteiger partial charge in [0.05, 0.1) is 6.54 Å². The zero-order chi connectivity index (χ0) is 15.9. The molecule has 0 fully saturated rings. The normalized spacial score (nSPS) is 14.5. The fourth-order valence-electron chi connectivity index (χ4n) is 2.24. The standard InChI is InChI=1S/C17H17F2NO2/c1-2-3-11-22-14-9-7-13(8-10-14)15-5-4-6-17(21)20(15)12-16(18)19/h5,7-10,16H,4,6,11-12H2,1H3. The van der Waals surface area contributed by atoms with E-state index in [9.17, 15) is 13.6 Å². The van der Waals surface area contributed by atoms with Crippen molar-refractivity contribution in [3.63, 3.8) is 0 Å². The molecule has 0 saturated heterocycles. The minimum absolute atomic E-state index is 0.267. The zero-order valence-corrected chi connectivity index (χ0v) is 12.3. The van der Waals surface area contributed by atoms with E-state index in [-0.39, 0.29) is 12.3 Å². The Hall–Kier alpha value is -2.35. The molecule has 0 atom stereocenters. The van der Waals surface area contributed by atoms with Gasteiger partial charge in [-0.1, -0.05) is 12.0 Å². The third-order valence-electron chi connectivity index (χ3n) is 3.25. The van der Waals surface area contributed by atoms with Crippen LogP contribution in [0.1, 0.15) is 25.3 Å². The predicted molar refractivity (Wildman–Crippen MR) is 80.3 cm³/mol. The summed E-state index contributed by atoms with van der Waals surface area (Å²) in [6.07, 6.45) is 0.105. The van der Waals surface area contributed by atoms with Crippen LogP contribution in [0, 0.1) is 11.8 Å². The average molecular weight is 305 g/mol. The lowest BCUT2D eigenvalue weighted by atomic mass is 10.0. The Kier molecular flexibility index (Phi) is 5.54. The van der Waals surface area contributed by atoms with Crippen molar-refractivity contribution in [2.75, 3.05) is 13.2 Å². The number of halogens is 2. The van der Waals surface area contributed by atoms with E-state index in [4.69, 9.17) is 4.74 Å². The molecule has 3 nitrogen and oxygen atoms in total. The maximum absolute atomic E-state index is 12.7. The molecule has 22 heavy (non-hydrogen) atoms. The average Bonchev–Trinajstić information content (AvgIpc) is 2.50. The van der Waals surface area contributed by atoms with Gasteiger partial charge in [-0.15, -0.1) is 5.92 Å². The molecule has 0 N–H and O–H groups in total. The summed E-state index contributed by atoms with van der Waals surface area (Å²) in [5, 5.41) is 0. The van der Waals surface area contributed by atoms with E-state index in [0.717, 1.165) is 10.5 Å². The third-order valence-corrected chi connectivity index (χ3v) is 3.25. The highest BCUT2D eigenvalue weighted by Crippen LogP contribution is 2.27. The van der Waals surface area contributed by atoms with Crippen LogP contribution in [-0.4, -0.2) is 30.4 Å². The number of hydrogen-bond donors (Lipinski definition) is 0. The van der Waals surface area contributed by atoms with Crippen LogP contribution < -0.4 is 4.74 Å². The third kappa shape index (κ3) is 4.08. The van der Waals surface area contributed by atoms with Gasteiger partial charge >= 0.3 is 0 Å². The molecule has 0 unspecified atom stereocenters. The molecule has 1 aromatic rings. The summed E-state index contributed by atoms with van der Waals surface area (Å²) < 4.78 is 30.7. The molecule has 1 amide bonds. The van der Waals surface area contributed by atoms with Gasteiger partial charge in [-0.3, -0.25) is 4.79 Å². The molecular formula is C17H17F2NO2. The molecule has 2 rings (SSSR count).